The van der Waals surface area contributed by atoms with Gasteiger partial charge < -0.3 is 24.4 Å². The molecule has 1 aliphatic rings. The Morgan fingerprint density at radius 1 is 1.09 bits per heavy atom. The zero-order valence-corrected chi connectivity index (χ0v) is 18.3. The van der Waals surface area contributed by atoms with E-state index >= 15 is 0 Å². The summed E-state index contributed by atoms with van der Waals surface area (Å²) in [5, 5.41) is 2.33. The molecule has 0 aromatic heterocycles. The molecule has 0 saturated carbocycles. The van der Waals surface area contributed by atoms with Gasteiger partial charge >= 0.3 is 12.1 Å². The van der Waals surface area contributed by atoms with Crippen LogP contribution in [-0.2, 0) is 25.2 Å². The van der Waals surface area contributed by atoms with Gasteiger partial charge in [-0.05, 0) is 49.4 Å². The van der Waals surface area contributed by atoms with Gasteiger partial charge in [0.15, 0.2) is 12.7 Å². The first-order valence-corrected chi connectivity index (χ1v) is 10.4. The van der Waals surface area contributed by atoms with E-state index in [0.29, 0.717) is 26.3 Å². The van der Waals surface area contributed by atoms with Crippen LogP contribution in [0.3, 0.4) is 0 Å². The van der Waals surface area contributed by atoms with Crippen molar-refractivity contribution in [2.75, 3.05) is 38.2 Å². The molecule has 8 nitrogen and oxygen atoms in total. The Morgan fingerprint density at radius 2 is 1.76 bits per heavy atom. The molecule has 1 N–H and O–H groups in total. The van der Waals surface area contributed by atoms with E-state index in [1.165, 1.54) is 43.3 Å². The van der Waals surface area contributed by atoms with E-state index in [1.807, 2.05) is 0 Å². The van der Waals surface area contributed by atoms with Crippen molar-refractivity contribution in [2.24, 2.45) is 0 Å². The van der Waals surface area contributed by atoms with Crippen LogP contribution in [0.5, 0.6) is 5.75 Å². The molecule has 0 radical (unpaired) electrons. The average molecular weight is 480 g/mol. The lowest BCUT2D eigenvalue weighted by atomic mass is 10.2. The van der Waals surface area contributed by atoms with Crippen molar-refractivity contribution in [1.29, 1.82) is 0 Å². The molecule has 1 fully saturated rings. The number of hydrogen-bond donors (Lipinski definition) is 1. The number of benzene rings is 2. The van der Waals surface area contributed by atoms with Gasteiger partial charge in [-0.1, -0.05) is 6.07 Å². The number of carbonyl (C=O) groups is 3. The molecule has 0 bridgehead atoms. The maximum Gasteiger partial charge on any atom is 0.416 e. The predicted molar refractivity (Wildman–Crippen MR) is 114 cm³/mol. The van der Waals surface area contributed by atoms with Crippen molar-refractivity contribution in [2.45, 2.75) is 19.2 Å². The fourth-order valence-corrected chi connectivity index (χ4v) is 3.13. The molecule has 1 atom stereocenters. The Morgan fingerprint density at radius 3 is 2.41 bits per heavy atom. The number of rotatable bonds is 7. The number of anilines is 1. The minimum atomic E-state index is -4.52. The van der Waals surface area contributed by atoms with Crippen LogP contribution in [0, 0.1) is 0 Å². The first kappa shape index (κ1) is 25.0. The maximum absolute atomic E-state index is 12.8. The second-order valence-corrected chi connectivity index (χ2v) is 7.42. The van der Waals surface area contributed by atoms with Gasteiger partial charge in [0.2, 0.25) is 0 Å². The van der Waals surface area contributed by atoms with E-state index in [1.54, 1.807) is 4.90 Å². The Labute approximate surface area is 193 Å². The summed E-state index contributed by atoms with van der Waals surface area (Å²) in [5.41, 5.74) is -0.709. The number of esters is 1. The van der Waals surface area contributed by atoms with Crippen molar-refractivity contribution >= 4 is 23.5 Å². The third-order valence-electron chi connectivity index (χ3n) is 4.89. The van der Waals surface area contributed by atoms with Crippen molar-refractivity contribution in [3.63, 3.8) is 0 Å². The second kappa shape index (κ2) is 11.0. The van der Waals surface area contributed by atoms with E-state index in [-0.39, 0.29) is 22.9 Å². The first-order chi connectivity index (χ1) is 16.1. The summed E-state index contributed by atoms with van der Waals surface area (Å²) in [6, 6.07) is 9.93. The first-order valence-electron chi connectivity index (χ1n) is 10.4. The quantitative estimate of drug-likeness (QED) is 0.612. The minimum Gasteiger partial charge on any atom is -0.484 e. The zero-order chi connectivity index (χ0) is 24.7. The van der Waals surface area contributed by atoms with Crippen molar-refractivity contribution in [3.8, 4) is 5.75 Å². The number of alkyl halides is 3. The highest BCUT2D eigenvalue weighted by Gasteiger charge is 2.30. The van der Waals surface area contributed by atoms with E-state index in [0.717, 1.165) is 12.1 Å². The van der Waals surface area contributed by atoms with Crippen LogP contribution in [-0.4, -0.2) is 61.7 Å². The van der Waals surface area contributed by atoms with Gasteiger partial charge in [0.25, 0.3) is 11.8 Å². The number of amides is 2. The third-order valence-corrected chi connectivity index (χ3v) is 4.89. The molecule has 34 heavy (non-hydrogen) atoms. The molecule has 2 aromatic carbocycles. The standard InChI is InChI=1S/C23H23F3N2O6/c1-15(21(30)28-9-11-32-12-10-28)34-22(31)16-5-7-19(8-6-16)33-14-20(29)27-18-4-2-3-17(13-18)23(24,25)26/h2-8,13,15H,9-12,14H2,1H3,(H,27,29). The summed E-state index contributed by atoms with van der Waals surface area (Å²) < 4.78 is 54.0. The smallest absolute Gasteiger partial charge is 0.416 e. The second-order valence-electron chi connectivity index (χ2n) is 7.42. The normalized spacial score (nSPS) is 14.8. The zero-order valence-electron chi connectivity index (χ0n) is 18.3. The summed E-state index contributed by atoms with van der Waals surface area (Å²) >= 11 is 0. The third kappa shape index (κ3) is 6.95. The monoisotopic (exact) mass is 480 g/mol. The van der Waals surface area contributed by atoms with E-state index in [2.05, 4.69) is 5.32 Å². The van der Waals surface area contributed by atoms with Crippen LogP contribution in [0.15, 0.2) is 48.5 Å². The van der Waals surface area contributed by atoms with Gasteiger partial charge in [-0.25, -0.2) is 4.79 Å². The number of halogens is 3. The van der Waals surface area contributed by atoms with Crippen molar-refractivity contribution in [1.82, 2.24) is 4.90 Å². The molecule has 0 aliphatic carbocycles. The van der Waals surface area contributed by atoms with E-state index in [4.69, 9.17) is 14.2 Å². The van der Waals surface area contributed by atoms with Gasteiger partial charge in [-0.15, -0.1) is 0 Å². The SMILES string of the molecule is CC(OC(=O)c1ccc(OCC(=O)Nc2cccc(C(F)(F)F)c2)cc1)C(=O)N1CCOCC1. The highest BCUT2D eigenvalue weighted by molar-refractivity contribution is 5.93. The highest BCUT2D eigenvalue weighted by atomic mass is 19.4. The highest BCUT2D eigenvalue weighted by Crippen LogP contribution is 2.30. The molecular weight excluding hydrogens is 457 g/mol. The van der Waals surface area contributed by atoms with Gasteiger partial charge in [0.1, 0.15) is 5.75 Å². The Balaban J connectivity index is 1.48. The number of morpholine rings is 1. The van der Waals surface area contributed by atoms with Crippen LogP contribution in [0.4, 0.5) is 18.9 Å². The number of carbonyl (C=O) groups excluding carboxylic acids is 3. The molecule has 11 heteroatoms. The molecule has 1 aliphatic heterocycles. The lowest BCUT2D eigenvalue weighted by Crippen LogP contribution is -2.46. The van der Waals surface area contributed by atoms with Gasteiger partial charge in [-0.3, -0.25) is 9.59 Å². The fourth-order valence-electron chi connectivity index (χ4n) is 3.13. The van der Waals surface area contributed by atoms with Crippen LogP contribution in [0.25, 0.3) is 0 Å². The molecule has 1 saturated heterocycles. The van der Waals surface area contributed by atoms with Crippen LogP contribution in [0.2, 0.25) is 0 Å². The maximum atomic E-state index is 12.8. The molecule has 0 spiro atoms. The molecule has 1 heterocycles. The van der Waals surface area contributed by atoms with E-state index in [9.17, 15) is 27.6 Å². The van der Waals surface area contributed by atoms with Crippen LogP contribution in [0.1, 0.15) is 22.8 Å². The largest absolute Gasteiger partial charge is 0.484 e. The summed E-state index contributed by atoms with van der Waals surface area (Å²) in [4.78, 5) is 38.2. The van der Waals surface area contributed by atoms with Crippen LogP contribution < -0.4 is 10.1 Å². The van der Waals surface area contributed by atoms with E-state index < -0.39 is 36.3 Å². The molecule has 1 unspecified atom stereocenters. The lowest BCUT2D eigenvalue weighted by Gasteiger charge is -2.28. The number of nitrogens with zero attached hydrogens (tertiary/aromatic N) is 1. The average Bonchev–Trinajstić information content (AvgIpc) is 2.82. The van der Waals surface area contributed by atoms with Crippen molar-refractivity contribution in [3.05, 3.63) is 59.7 Å². The molecular formula is C23H23F3N2O6. The lowest BCUT2D eigenvalue weighted by molar-refractivity contribution is -0.143. The Kier molecular flexibility index (Phi) is 8.11. The predicted octanol–water partition coefficient (Wildman–Crippen LogP) is 3.13. The summed E-state index contributed by atoms with van der Waals surface area (Å²) in [7, 11) is 0. The van der Waals surface area contributed by atoms with Crippen molar-refractivity contribution < 1.29 is 41.8 Å². The molecule has 182 valence electrons. The summed E-state index contributed by atoms with van der Waals surface area (Å²) in [6.45, 7) is 2.79. The molecule has 3 rings (SSSR count). The molecule has 2 amide bonds. The van der Waals surface area contributed by atoms with Crippen LogP contribution >= 0.6 is 0 Å². The summed E-state index contributed by atoms with van der Waals surface area (Å²) in [6.07, 6.45) is -5.48. The number of ether oxygens (including phenoxy) is 3. The van der Waals surface area contributed by atoms with Gasteiger partial charge in [-0.2, -0.15) is 13.2 Å². The molecule has 2 aromatic rings. The Hall–Kier alpha value is -3.60. The summed E-state index contributed by atoms with van der Waals surface area (Å²) in [5.74, 6) is -1.39. The Bertz CT molecular complexity index is 1020. The topological polar surface area (TPSA) is 94.2 Å². The minimum absolute atomic E-state index is 0.0118. The van der Waals surface area contributed by atoms with Gasteiger partial charge in [0.05, 0.1) is 24.3 Å². The fraction of sp³-hybridized carbons (Fsp3) is 0.348. The number of nitrogens with one attached hydrogen (secondary N) is 1. The number of hydrogen-bond acceptors (Lipinski definition) is 6. The van der Waals surface area contributed by atoms with Gasteiger partial charge in [0, 0.05) is 18.8 Å².